The van der Waals surface area contributed by atoms with Crippen molar-refractivity contribution in [2.24, 2.45) is 0 Å². The molecule has 0 spiro atoms. The third-order valence-electron chi connectivity index (χ3n) is 6.47. The summed E-state index contributed by atoms with van der Waals surface area (Å²) in [5.74, 6) is -1.19. The van der Waals surface area contributed by atoms with Crippen molar-refractivity contribution in [3.8, 4) is 0 Å². The van der Waals surface area contributed by atoms with E-state index in [1.165, 1.54) is 42.1 Å². The van der Waals surface area contributed by atoms with Gasteiger partial charge in [0.05, 0.1) is 10.2 Å². The first kappa shape index (κ1) is 31.7. The summed E-state index contributed by atoms with van der Waals surface area (Å²) in [6.45, 7) is 5.90. The Hall–Kier alpha value is -5.22. The Kier molecular flexibility index (Phi) is 10.7. The molecule has 0 aliphatic heterocycles. The summed E-state index contributed by atoms with van der Waals surface area (Å²) < 4.78 is 0. The van der Waals surface area contributed by atoms with E-state index in [4.69, 9.17) is 0 Å². The third kappa shape index (κ3) is 8.89. The maximum absolute atomic E-state index is 13.4. The average molecular weight is 609 g/mol. The Balaban J connectivity index is 1.51. The van der Waals surface area contributed by atoms with Gasteiger partial charge in [-0.15, -0.1) is 11.8 Å². The van der Waals surface area contributed by atoms with Gasteiger partial charge >= 0.3 is 0 Å². The number of amides is 3. The highest BCUT2D eigenvalue weighted by Crippen LogP contribution is 2.29. The summed E-state index contributed by atoms with van der Waals surface area (Å²) in [5.41, 5.74) is 4.04. The number of nitro benzene ring substituents is 1. The number of rotatable bonds is 11. The van der Waals surface area contributed by atoms with Crippen molar-refractivity contribution in [3.05, 3.63) is 135 Å². The van der Waals surface area contributed by atoms with Crippen molar-refractivity contribution < 1.29 is 19.3 Å². The quantitative estimate of drug-likeness (QED) is 0.0719. The zero-order valence-electron chi connectivity index (χ0n) is 24.5. The fourth-order valence-electron chi connectivity index (χ4n) is 4.40. The lowest BCUT2D eigenvalue weighted by molar-refractivity contribution is -0.384. The summed E-state index contributed by atoms with van der Waals surface area (Å²) in [6.07, 6.45) is 2.04. The number of nitro groups is 1. The minimum absolute atomic E-state index is 0.0509. The smallest absolute Gasteiger partial charge is 0.272 e. The Bertz CT molecular complexity index is 1680. The maximum Gasteiger partial charge on any atom is 0.272 e. The normalized spacial score (nSPS) is 11.8. The molecule has 3 N–H and O–H groups in total. The van der Waals surface area contributed by atoms with Crippen LogP contribution in [-0.2, 0) is 9.59 Å². The van der Waals surface area contributed by atoms with Crippen LogP contribution in [0, 0.1) is 24.0 Å². The van der Waals surface area contributed by atoms with Crippen LogP contribution in [-0.4, -0.2) is 27.9 Å². The second kappa shape index (κ2) is 14.8. The number of carbonyl (C=O) groups excluding carboxylic acids is 3. The van der Waals surface area contributed by atoms with Crippen LogP contribution in [0.1, 0.15) is 40.4 Å². The zero-order valence-corrected chi connectivity index (χ0v) is 25.3. The largest absolute Gasteiger partial charge is 0.325 e. The fourth-order valence-corrected chi connectivity index (χ4v) is 5.42. The molecule has 4 aromatic carbocycles. The zero-order chi connectivity index (χ0) is 31.6. The van der Waals surface area contributed by atoms with Gasteiger partial charge in [0.15, 0.2) is 0 Å². The van der Waals surface area contributed by atoms with E-state index in [9.17, 15) is 24.5 Å². The van der Waals surface area contributed by atoms with Crippen LogP contribution in [0.3, 0.4) is 0 Å². The van der Waals surface area contributed by atoms with Gasteiger partial charge in [-0.25, -0.2) is 0 Å². The van der Waals surface area contributed by atoms with Crippen LogP contribution in [0.2, 0.25) is 0 Å². The predicted molar refractivity (Wildman–Crippen MR) is 175 cm³/mol. The standard InChI is InChI=1S/C34H32N4O5S/c1-4-31(34(41)36-27-18-22(2)17-23(3)19-27)44-29-12-8-11-26(21-29)35-33(40)30(37-32(39)25-9-6-5-7-10-25)20-24-13-15-28(16-14-24)38(42)43/h5-21,31H,4H2,1-3H3,(H,35,40)(H,36,41)(H,37,39)/b30-20+. The van der Waals surface area contributed by atoms with E-state index in [-0.39, 0.29) is 22.5 Å². The van der Waals surface area contributed by atoms with Crippen molar-refractivity contribution in [1.82, 2.24) is 5.32 Å². The van der Waals surface area contributed by atoms with Crippen LogP contribution in [0.5, 0.6) is 0 Å². The van der Waals surface area contributed by atoms with Gasteiger partial charge in [-0.1, -0.05) is 37.3 Å². The van der Waals surface area contributed by atoms with Crippen molar-refractivity contribution in [3.63, 3.8) is 0 Å². The van der Waals surface area contributed by atoms with Gasteiger partial charge in [0.1, 0.15) is 5.70 Å². The van der Waals surface area contributed by atoms with Gasteiger partial charge in [-0.05, 0) is 97.6 Å². The average Bonchev–Trinajstić information content (AvgIpc) is 2.99. The van der Waals surface area contributed by atoms with Crippen LogP contribution >= 0.6 is 11.8 Å². The highest BCUT2D eigenvalue weighted by atomic mass is 32.2. The molecule has 9 nitrogen and oxygen atoms in total. The highest BCUT2D eigenvalue weighted by molar-refractivity contribution is 8.00. The van der Waals surface area contributed by atoms with E-state index in [0.717, 1.165) is 21.7 Å². The van der Waals surface area contributed by atoms with E-state index >= 15 is 0 Å². The molecule has 0 aliphatic rings. The minimum Gasteiger partial charge on any atom is -0.325 e. The molecule has 0 aliphatic carbocycles. The molecule has 0 saturated heterocycles. The number of anilines is 2. The molecule has 0 bridgehead atoms. The fraction of sp³-hybridized carbons (Fsp3) is 0.147. The Morgan fingerprint density at radius 3 is 2.16 bits per heavy atom. The molecule has 224 valence electrons. The lowest BCUT2D eigenvalue weighted by atomic mass is 10.1. The summed E-state index contributed by atoms with van der Waals surface area (Å²) in [7, 11) is 0. The summed E-state index contributed by atoms with van der Waals surface area (Å²) in [5, 5.41) is 19.2. The first-order valence-corrected chi connectivity index (χ1v) is 14.8. The van der Waals surface area contributed by atoms with E-state index in [0.29, 0.717) is 23.2 Å². The summed E-state index contributed by atoms with van der Waals surface area (Å²) in [4.78, 5) is 50.8. The van der Waals surface area contributed by atoms with Gasteiger partial charge in [0.2, 0.25) is 5.91 Å². The summed E-state index contributed by atoms with van der Waals surface area (Å²) in [6, 6.07) is 27.1. The molecule has 10 heteroatoms. The van der Waals surface area contributed by atoms with E-state index in [1.54, 1.807) is 48.5 Å². The number of non-ortho nitro benzene ring substituents is 1. The van der Waals surface area contributed by atoms with Gasteiger partial charge in [0, 0.05) is 34.0 Å². The molecule has 0 saturated carbocycles. The molecule has 1 atom stereocenters. The predicted octanol–water partition coefficient (Wildman–Crippen LogP) is 7.13. The lowest BCUT2D eigenvalue weighted by Crippen LogP contribution is -2.30. The molecule has 0 radical (unpaired) electrons. The van der Waals surface area contributed by atoms with Crippen molar-refractivity contribution in [1.29, 1.82) is 0 Å². The van der Waals surface area contributed by atoms with Gasteiger partial charge in [-0.2, -0.15) is 0 Å². The molecule has 0 heterocycles. The van der Waals surface area contributed by atoms with E-state index < -0.39 is 16.7 Å². The number of nitrogens with one attached hydrogen (secondary N) is 3. The molecule has 1 unspecified atom stereocenters. The number of nitrogens with zero attached hydrogens (tertiary/aromatic N) is 1. The van der Waals surface area contributed by atoms with E-state index in [1.807, 2.05) is 45.0 Å². The van der Waals surface area contributed by atoms with Crippen LogP contribution < -0.4 is 16.0 Å². The number of hydrogen-bond acceptors (Lipinski definition) is 6. The first-order valence-electron chi connectivity index (χ1n) is 13.9. The Labute approximate surface area is 259 Å². The highest BCUT2D eigenvalue weighted by Gasteiger charge is 2.20. The van der Waals surface area contributed by atoms with Crippen molar-refractivity contribution >= 4 is 52.6 Å². The molecule has 4 rings (SSSR count). The number of hydrogen-bond donors (Lipinski definition) is 3. The third-order valence-corrected chi connectivity index (χ3v) is 7.82. The lowest BCUT2D eigenvalue weighted by Gasteiger charge is -2.16. The monoisotopic (exact) mass is 608 g/mol. The number of carbonyl (C=O) groups is 3. The van der Waals surface area contributed by atoms with Gasteiger partial charge in [0.25, 0.3) is 17.5 Å². The maximum atomic E-state index is 13.4. The number of benzene rings is 4. The molecule has 3 amide bonds. The molecular weight excluding hydrogens is 576 g/mol. The van der Waals surface area contributed by atoms with Crippen molar-refractivity contribution in [2.45, 2.75) is 37.3 Å². The molecular formula is C34H32N4O5S. The number of thioether (sulfide) groups is 1. The first-order chi connectivity index (χ1) is 21.1. The van der Waals surface area contributed by atoms with Crippen LogP contribution in [0.15, 0.2) is 108 Å². The van der Waals surface area contributed by atoms with Crippen molar-refractivity contribution in [2.75, 3.05) is 10.6 Å². The topological polar surface area (TPSA) is 130 Å². The number of aryl methyl sites for hydroxylation is 2. The van der Waals surface area contributed by atoms with Crippen LogP contribution in [0.4, 0.5) is 17.1 Å². The second-order valence-corrected chi connectivity index (χ2v) is 11.4. The SMILES string of the molecule is CCC(Sc1cccc(NC(=O)/C(=C\c2ccc([N+](=O)[O-])cc2)NC(=O)c2ccccc2)c1)C(=O)Nc1cc(C)cc(C)c1. The summed E-state index contributed by atoms with van der Waals surface area (Å²) >= 11 is 1.39. The molecule has 4 aromatic rings. The van der Waals surface area contributed by atoms with Gasteiger partial charge in [-0.3, -0.25) is 24.5 Å². The van der Waals surface area contributed by atoms with Crippen LogP contribution in [0.25, 0.3) is 6.08 Å². The minimum atomic E-state index is -0.589. The molecule has 44 heavy (non-hydrogen) atoms. The van der Waals surface area contributed by atoms with E-state index in [2.05, 4.69) is 16.0 Å². The molecule has 0 fully saturated rings. The van der Waals surface area contributed by atoms with Gasteiger partial charge < -0.3 is 16.0 Å². The Morgan fingerprint density at radius 1 is 0.841 bits per heavy atom. The molecule has 0 aromatic heterocycles. The second-order valence-electron chi connectivity index (χ2n) is 10.1. The Morgan fingerprint density at radius 2 is 1.52 bits per heavy atom.